The van der Waals surface area contributed by atoms with Gasteiger partial charge in [0.15, 0.2) is 0 Å². The second-order valence-corrected chi connectivity index (χ2v) is 6.24. The van der Waals surface area contributed by atoms with E-state index >= 15 is 0 Å². The van der Waals surface area contributed by atoms with Crippen LogP contribution in [0.3, 0.4) is 0 Å². The zero-order chi connectivity index (χ0) is 13.0. The molecule has 0 atom stereocenters. The zero-order valence-corrected chi connectivity index (χ0v) is 12.1. The van der Waals surface area contributed by atoms with E-state index in [9.17, 15) is 0 Å². The summed E-state index contributed by atoms with van der Waals surface area (Å²) in [6.45, 7) is 17.1. The molecule has 0 aliphatic carbocycles. The van der Waals surface area contributed by atoms with Crippen LogP contribution in [0.15, 0.2) is 12.7 Å². The summed E-state index contributed by atoms with van der Waals surface area (Å²) in [5.41, 5.74) is 0.273. The van der Waals surface area contributed by atoms with Gasteiger partial charge in [-0.05, 0) is 31.8 Å². The van der Waals surface area contributed by atoms with Gasteiger partial charge >= 0.3 is 0 Å². The number of nitrogens with one attached hydrogen (secondary N) is 1. The molecule has 18 heavy (non-hydrogen) atoms. The Bertz CT molecular complexity index is 261. The Morgan fingerprint density at radius 1 is 1.17 bits per heavy atom. The van der Waals surface area contributed by atoms with Gasteiger partial charge < -0.3 is 10.2 Å². The van der Waals surface area contributed by atoms with Crippen molar-refractivity contribution in [3.63, 3.8) is 0 Å². The van der Waals surface area contributed by atoms with Gasteiger partial charge in [0.25, 0.3) is 0 Å². The van der Waals surface area contributed by atoms with Gasteiger partial charge in [0.05, 0.1) is 0 Å². The van der Waals surface area contributed by atoms with E-state index < -0.39 is 0 Å². The Morgan fingerprint density at radius 3 is 2.28 bits per heavy atom. The smallest absolute Gasteiger partial charge is 0.0413 e. The number of piperazine rings is 1. The zero-order valence-electron chi connectivity index (χ0n) is 12.1. The van der Waals surface area contributed by atoms with Crippen LogP contribution in [0.5, 0.6) is 0 Å². The van der Waals surface area contributed by atoms with E-state index in [1.807, 2.05) is 0 Å². The number of nitrogens with zero attached hydrogens (tertiary/aromatic N) is 2. The molecule has 0 aromatic heterocycles. The molecule has 0 saturated carbocycles. The Kier molecular flexibility index (Phi) is 4.82. The van der Waals surface area contributed by atoms with Gasteiger partial charge in [0.1, 0.15) is 0 Å². The van der Waals surface area contributed by atoms with Crippen LogP contribution in [0, 0.1) is 5.92 Å². The molecule has 0 bridgehead atoms. The van der Waals surface area contributed by atoms with E-state index in [0.29, 0.717) is 0 Å². The van der Waals surface area contributed by atoms with Crippen LogP contribution in [0.2, 0.25) is 0 Å². The minimum atomic E-state index is 0.273. The van der Waals surface area contributed by atoms with Crippen molar-refractivity contribution in [3.8, 4) is 0 Å². The summed E-state index contributed by atoms with van der Waals surface area (Å²) in [6, 6.07) is 0. The summed E-state index contributed by atoms with van der Waals surface area (Å²) in [4.78, 5) is 5.29. The molecule has 0 radical (unpaired) electrons. The first-order chi connectivity index (χ1) is 8.66. The number of rotatable bonds is 4. The summed E-state index contributed by atoms with van der Waals surface area (Å²) in [6.07, 6.45) is 4.66. The molecule has 2 aliphatic rings. The van der Waals surface area contributed by atoms with E-state index in [4.69, 9.17) is 0 Å². The molecular formula is C15H29N3. The lowest BCUT2D eigenvalue weighted by Crippen LogP contribution is -2.59. The number of hydrogen-bond donors (Lipinski definition) is 1. The minimum Gasteiger partial charge on any atom is -0.317 e. The molecular weight excluding hydrogens is 222 g/mol. The van der Waals surface area contributed by atoms with Crippen molar-refractivity contribution in [2.24, 2.45) is 5.92 Å². The molecule has 0 spiro atoms. The first kappa shape index (κ1) is 14.0. The highest BCUT2D eigenvalue weighted by Gasteiger charge is 2.36. The van der Waals surface area contributed by atoms with Crippen LogP contribution in [-0.4, -0.2) is 61.2 Å². The van der Waals surface area contributed by atoms with Gasteiger partial charge in [-0.15, -0.1) is 6.58 Å². The van der Waals surface area contributed by atoms with Gasteiger partial charge in [-0.3, -0.25) is 4.90 Å². The normalized spacial score (nSPS) is 26.4. The average molecular weight is 251 g/mol. The maximum absolute atomic E-state index is 4.12. The summed E-state index contributed by atoms with van der Waals surface area (Å²) in [5.74, 6) is 0.781. The number of hydrogen-bond acceptors (Lipinski definition) is 3. The maximum Gasteiger partial charge on any atom is 0.0413 e. The van der Waals surface area contributed by atoms with E-state index in [0.717, 1.165) is 19.0 Å². The first-order valence-electron chi connectivity index (χ1n) is 7.48. The lowest BCUT2D eigenvalue weighted by Gasteiger charge is -2.48. The number of piperidine rings is 1. The molecule has 2 heterocycles. The second-order valence-electron chi connectivity index (χ2n) is 6.24. The Balaban J connectivity index is 1.89. The van der Waals surface area contributed by atoms with Gasteiger partial charge in [-0.1, -0.05) is 19.9 Å². The fourth-order valence-electron chi connectivity index (χ4n) is 3.40. The third kappa shape index (κ3) is 3.14. The largest absolute Gasteiger partial charge is 0.317 e. The predicted octanol–water partition coefficient (Wildman–Crippen LogP) is 1.57. The van der Waals surface area contributed by atoms with Gasteiger partial charge in [0.2, 0.25) is 0 Å². The molecule has 0 unspecified atom stereocenters. The first-order valence-corrected chi connectivity index (χ1v) is 7.48. The predicted molar refractivity (Wildman–Crippen MR) is 77.9 cm³/mol. The van der Waals surface area contributed by atoms with Crippen LogP contribution < -0.4 is 5.32 Å². The molecule has 2 fully saturated rings. The molecule has 3 heteroatoms. The van der Waals surface area contributed by atoms with Gasteiger partial charge in [-0.25, -0.2) is 0 Å². The van der Waals surface area contributed by atoms with E-state index in [1.165, 1.54) is 45.6 Å². The van der Waals surface area contributed by atoms with Crippen LogP contribution >= 0.6 is 0 Å². The van der Waals surface area contributed by atoms with Crippen molar-refractivity contribution < 1.29 is 0 Å². The maximum atomic E-state index is 4.12. The molecule has 3 nitrogen and oxygen atoms in total. The fraction of sp³-hybridized carbons (Fsp3) is 0.867. The topological polar surface area (TPSA) is 18.5 Å². The summed E-state index contributed by atoms with van der Waals surface area (Å²) in [5, 5.41) is 3.46. The van der Waals surface area contributed by atoms with Crippen molar-refractivity contribution in [1.29, 1.82) is 0 Å². The van der Waals surface area contributed by atoms with Gasteiger partial charge in [-0.2, -0.15) is 0 Å². The second kappa shape index (κ2) is 6.18. The Labute approximate surface area is 112 Å². The van der Waals surface area contributed by atoms with Crippen LogP contribution in [0.4, 0.5) is 0 Å². The highest BCUT2D eigenvalue weighted by molar-refractivity contribution is 5.07. The van der Waals surface area contributed by atoms with Crippen molar-refractivity contribution in [2.75, 3.05) is 45.8 Å². The summed E-state index contributed by atoms with van der Waals surface area (Å²) < 4.78 is 0. The quantitative estimate of drug-likeness (QED) is 0.765. The van der Waals surface area contributed by atoms with Crippen molar-refractivity contribution >= 4 is 0 Å². The molecule has 0 aromatic carbocycles. The molecule has 1 N–H and O–H groups in total. The SMILES string of the molecule is C=CC1(N2CCN(CC(C)C)CC2)CCNCC1. The molecule has 2 rings (SSSR count). The third-order valence-corrected chi connectivity index (χ3v) is 4.47. The monoisotopic (exact) mass is 251 g/mol. The van der Waals surface area contributed by atoms with Crippen LogP contribution in [-0.2, 0) is 0 Å². The van der Waals surface area contributed by atoms with E-state index in [1.54, 1.807) is 0 Å². The Hall–Kier alpha value is -0.380. The lowest BCUT2D eigenvalue weighted by molar-refractivity contribution is 0.0375. The average Bonchev–Trinajstić information content (AvgIpc) is 2.39. The summed E-state index contributed by atoms with van der Waals surface area (Å²) in [7, 11) is 0. The van der Waals surface area contributed by atoms with Gasteiger partial charge in [0, 0.05) is 38.3 Å². The molecule has 0 amide bonds. The molecule has 2 saturated heterocycles. The molecule has 104 valence electrons. The minimum absolute atomic E-state index is 0.273. The van der Waals surface area contributed by atoms with E-state index in [-0.39, 0.29) is 5.54 Å². The highest BCUT2D eigenvalue weighted by Crippen LogP contribution is 2.28. The molecule has 2 aliphatic heterocycles. The lowest BCUT2D eigenvalue weighted by atomic mass is 9.86. The highest BCUT2D eigenvalue weighted by atomic mass is 15.3. The Morgan fingerprint density at radius 2 is 1.78 bits per heavy atom. The van der Waals surface area contributed by atoms with E-state index in [2.05, 4.69) is 41.6 Å². The van der Waals surface area contributed by atoms with Crippen molar-refractivity contribution in [3.05, 3.63) is 12.7 Å². The third-order valence-electron chi connectivity index (χ3n) is 4.47. The summed E-state index contributed by atoms with van der Waals surface area (Å²) >= 11 is 0. The van der Waals surface area contributed by atoms with Crippen molar-refractivity contribution in [2.45, 2.75) is 32.2 Å². The van der Waals surface area contributed by atoms with Crippen LogP contribution in [0.25, 0.3) is 0 Å². The van der Waals surface area contributed by atoms with Crippen molar-refractivity contribution in [1.82, 2.24) is 15.1 Å². The fourth-order valence-corrected chi connectivity index (χ4v) is 3.40. The van der Waals surface area contributed by atoms with Crippen LogP contribution in [0.1, 0.15) is 26.7 Å². The standard InChI is InChI=1S/C15H29N3/c1-4-15(5-7-16-8-6-15)18-11-9-17(10-12-18)13-14(2)3/h4,14,16H,1,5-13H2,2-3H3. The molecule has 0 aromatic rings.